The highest BCUT2D eigenvalue weighted by Crippen LogP contribution is 2.20. The molecule has 0 unspecified atom stereocenters. The van der Waals surface area contributed by atoms with Gasteiger partial charge in [-0.25, -0.2) is 0 Å². The van der Waals surface area contributed by atoms with Gasteiger partial charge >= 0.3 is 0 Å². The minimum absolute atomic E-state index is 0.857. The fourth-order valence-corrected chi connectivity index (χ4v) is 3.03. The third-order valence-electron chi connectivity index (χ3n) is 4.29. The molecule has 1 aliphatic heterocycles. The zero-order valence-corrected chi connectivity index (χ0v) is 13.1. The van der Waals surface area contributed by atoms with E-state index in [2.05, 4.69) is 42.3 Å². The van der Waals surface area contributed by atoms with Gasteiger partial charge in [0.25, 0.3) is 0 Å². The van der Waals surface area contributed by atoms with Crippen LogP contribution in [-0.4, -0.2) is 38.2 Å². The molecule has 1 aliphatic rings. The van der Waals surface area contributed by atoms with Crippen molar-refractivity contribution in [2.24, 2.45) is 5.92 Å². The molecule has 112 valence electrons. The van der Waals surface area contributed by atoms with Crippen molar-refractivity contribution in [3.8, 4) is 5.75 Å². The summed E-state index contributed by atoms with van der Waals surface area (Å²) in [6.07, 6.45) is 2.64. The van der Waals surface area contributed by atoms with Crippen molar-refractivity contribution in [3.63, 3.8) is 0 Å². The van der Waals surface area contributed by atoms with E-state index < -0.39 is 0 Å². The Balaban J connectivity index is 1.93. The molecular weight excluding hydrogens is 248 g/mol. The molecule has 1 fully saturated rings. The van der Waals surface area contributed by atoms with Crippen molar-refractivity contribution in [1.82, 2.24) is 10.2 Å². The third kappa shape index (κ3) is 4.22. The topological polar surface area (TPSA) is 24.5 Å². The molecule has 0 aliphatic carbocycles. The summed E-state index contributed by atoms with van der Waals surface area (Å²) in [4.78, 5) is 2.57. The van der Waals surface area contributed by atoms with Gasteiger partial charge in [-0.3, -0.25) is 4.90 Å². The lowest BCUT2D eigenvalue weighted by Gasteiger charge is -2.29. The smallest absolute Gasteiger partial charge is 0.121 e. The van der Waals surface area contributed by atoms with Crippen LogP contribution in [0.4, 0.5) is 0 Å². The van der Waals surface area contributed by atoms with E-state index in [1.54, 1.807) is 7.11 Å². The minimum Gasteiger partial charge on any atom is -0.496 e. The summed E-state index contributed by atoms with van der Waals surface area (Å²) < 4.78 is 5.33. The molecule has 3 heteroatoms. The highest BCUT2D eigenvalue weighted by Gasteiger charge is 2.16. The van der Waals surface area contributed by atoms with Crippen molar-refractivity contribution < 1.29 is 4.74 Å². The second-order valence-corrected chi connectivity index (χ2v) is 5.83. The van der Waals surface area contributed by atoms with Gasteiger partial charge in [0.2, 0.25) is 0 Å². The maximum atomic E-state index is 5.33. The summed E-state index contributed by atoms with van der Waals surface area (Å²) in [5, 5.41) is 3.44. The Labute approximate surface area is 123 Å². The monoisotopic (exact) mass is 276 g/mol. The van der Waals surface area contributed by atoms with Gasteiger partial charge in [-0.05, 0) is 62.5 Å². The third-order valence-corrected chi connectivity index (χ3v) is 4.29. The molecule has 1 heterocycles. The molecule has 20 heavy (non-hydrogen) atoms. The maximum absolute atomic E-state index is 5.33. The van der Waals surface area contributed by atoms with Crippen LogP contribution >= 0.6 is 0 Å². The largest absolute Gasteiger partial charge is 0.496 e. The van der Waals surface area contributed by atoms with Gasteiger partial charge in [-0.2, -0.15) is 0 Å². The number of piperidine rings is 1. The molecule has 1 saturated heterocycles. The van der Waals surface area contributed by atoms with Crippen LogP contribution in [0.3, 0.4) is 0 Å². The van der Waals surface area contributed by atoms with Crippen LogP contribution in [0.2, 0.25) is 0 Å². The Bertz CT molecular complexity index is 413. The number of aryl methyl sites for hydroxylation is 1. The van der Waals surface area contributed by atoms with E-state index in [1.165, 1.54) is 43.6 Å². The van der Waals surface area contributed by atoms with E-state index in [9.17, 15) is 0 Å². The van der Waals surface area contributed by atoms with Gasteiger partial charge < -0.3 is 10.1 Å². The zero-order valence-electron chi connectivity index (χ0n) is 13.1. The summed E-state index contributed by atoms with van der Waals surface area (Å²) >= 11 is 0. The lowest BCUT2D eigenvalue weighted by atomic mass is 9.97. The van der Waals surface area contributed by atoms with Crippen LogP contribution < -0.4 is 10.1 Å². The number of nitrogens with one attached hydrogen (secondary N) is 1. The Morgan fingerprint density at radius 2 is 2.05 bits per heavy atom. The number of nitrogens with zero attached hydrogens (tertiary/aromatic N) is 1. The fraction of sp³-hybridized carbons (Fsp3) is 0.647. The predicted molar refractivity (Wildman–Crippen MR) is 84.3 cm³/mol. The maximum Gasteiger partial charge on any atom is 0.121 e. The SMILES string of the molecule is CCN(Cc1ccc(OC)c(C)c1)CC1CCNCC1. The van der Waals surface area contributed by atoms with Gasteiger partial charge in [0, 0.05) is 13.1 Å². The first kappa shape index (κ1) is 15.3. The molecule has 0 spiro atoms. The first-order chi connectivity index (χ1) is 9.72. The molecule has 1 aromatic rings. The number of methoxy groups -OCH3 is 1. The Hall–Kier alpha value is -1.06. The highest BCUT2D eigenvalue weighted by atomic mass is 16.5. The van der Waals surface area contributed by atoms with Crippen molar-refractivity contribution >= 4 is 0 Å². The molecule has 1 N–H and O–H groups in total. The van der Waals surface area contributed by atoms with Gasteiger partial charge in [-0.1, -0.05) is 19.1 Å². The van der Waals surface area contributed by atoms with E-state index in [-0.39, 0.29) is 0 Å². The summed E-state index contributed by atoms with van der Waals surface area (Å²) in [5.41, 5.74) is 2.61. The predicted octanol–water partition coefficient (Wildman–Crippen LogP) is 2.83. The zero-order chi connectivity index (χ0) is 14.4. The fourth-order valence-electron chi connectivity index (χ4n) is 3.03. The number of hydrogen-bond donors (Lipinski definition) is 1. The van der Waals surface area contributed by atoms with Crippen molar-refractivity contribution in [2.75, 3.05) is 33.3 Å². The number of rotatable bonds is 6. The lowest BCUT2D eigenvalue weighted by molar-refractivity contribution is 0.207. The van der Waals surface area contributed by atoms with E-state index in [0.717, 1.165) is 24.8 Å². The molecular formula is C17H28N2O. The Kier molecular flexibility index (Phi) is 5.86. The molecule has 1 aromatic carbocycles. The van der Waals surface area contributed by atoms with Crippen LogP contribution in [0.15, 0.2) is 18.2 Å². The second kappa shape index (κ2) is 7.65. The molecule has 3 nitrogen and oxygen atoms in total. The minimum atomic E-state index is 0.857. The van der Waals surface area contributed by atoms with Gasteiger partial charge in [0.15, 0.2) is 0 Å². The lowest BCUT2D eigenvalue weighted by Crippen LogP contribution is -2.35. The van der Waals surface area contributed by atoms with Crippen molar-refractivity contribution in [3.05, 3.63) is 29.3 Å². The molecule has 0 atom stereocenters. The van der Waals surface area contributed by atoms with Gasteiger partial charge in [0.1, 0.15) is 5.75 Å². The normalized spacial score (nSPS) is 16.6. The van der Waals surface area contributed by atoms with Gasteiger partial charge in [-0.15, -0.1) is 0 Å². The molecule has 0 bridgehead atoms. The molecule has 0 radical (unpaired) electrons. The first-order valence-corrected chi connectivity index (χ1v) is 7.79. The van der Waals surface area contributed by atoms with Crippen LogP contribution in [-0.2, 0) is 6.54 Å². The number of hydrogen-bond acceptors (Lipinski definition) is 3. The second-order valence-electron chi connectivity index (χ2n) is 5.83. The van der Waals surface area contributed by atoms with E-state index in [0.29, 0.717) is 0 Å². The molecule has 0 aromatic heterocycles. The van der Waals surface area contributed by atoms with Crippen molar-refractivity contribution in [1.29, 1.82) is 0 Å². The summed E-state index contributed by atoms with van der Waals surface area (Å²) in [6.45, 7) is 10.1. The van der Waals surface area contributed by atoms with Crippen molar-refractivity contribution in [2.45, 2.75) is 33.2 Å². The van der Waals surface area contributed by atoms with Crippen LogP contribution in [0.5, 0.6) is 5.75 Å². The Morgan fingerprint density at radius 1 is 1.30 bits per heavy atom. The standard InChI is InChI=1S/C17H28N2O/c1-4-19(12-15-7-9-18-10-8-15)13-16-5-6-17(20-3)14(2)11-16/h5-6,11,15,18H,4,7-10,12-13H2,1-3H3. The van der Waals surface area contributed by atoms with Crippen LogP contribution in [0, 0.1) is 12.8 Å². The molecule has 2 rings (SSSR count). The highest BCUT2D eigenvalue weighted by molar-refractivity contribution is 5.36. The van der Waals surface area contributed by atoms with Crippen LogP contribution in [0.1, 0.15) is 30.9 Å². The number of benzene rings is 1. The van der Waals surface area contributed by atoms with E-state index >= 15 is 0 Å². The van der Waals surface area contributed by atoms with Gasteiger partial charge in [0.05, 0.1) is 7.11 Å². The average Bonchev–Trinajstić information content (AvgIpc) is 2.48. The van der Waals surface area contributed by atoms with E-state index in [1.807, 2.05) is 0 Å². The summed E-state index contributed by atoms with van der Waals surface area (Å²) in [5.74, 6) is 1.84. The number of ether oxygens (including phenoxy) is 1. The molecule has 0 saturated carbocycles. The summed E-state index contributed by atoms with van der Waals surface area (Å²) in [6, 6.07) is 6.53. The Morgan fingerprint density at radius 3 is 2.65 bits per heavy atom. The van der Waals surface area contributed by atoms with Crippen LogP contribution in [0.25, 0.3) is 0 Å². The molecule has 0 amide bonds. The first-order valence-electron chi connectivity index (χ1n) is 7.79. The average molecular weight is 276 g/mol. The quantitative estimate of drug-likeness (QED) is 0.864. The van der Waals surface area contributed by atoms with E-state index in [4.69, 9.17) is 4.74 Å². The summed E-state index contributed by atoms with van der Waals surface area (Å²) in [7, 11) is 1.73.